The van der Waals surface area contributed by atoms with Crippen molar-refractivity contribution in [3.8, 4) is 0 Å². The van der Waals surface area contributed by atoms with Gasteiger partial charge < -0.3 is 11.1 Å². The van der Waals surface area contributed by atoms with Gasteiger partial charge in [-0.25, -0.2) is 0 Å². The number of amides is 1. The summed E-state index contributed by atoms with van der Waals surface area (Å²) in [5, 5.41) is 7.42. The highest BCUT2D eigenvalue weighted by Crippen LogP contribution is 2.09. The van der Waals surface area contributed by atoms with E-state index in [1.165, 1.54) is 0 Å². The van der Waals surface area contributed by atoms with Crippen molar-refractivity contribution in [2.45, 2.75) is 6.54 Å². The Kier molecular flexibility index (Phi) is 3.84. The molecule has 0 spiro atoms. The standard InChI is InChI=1S/C12H13ClN4O/c13-10-3-1-9(2-4-10)12(18)15-5-6-17-8-11(14)7-16-17/h1-4,7-8H,5-6,14H2,(H,15,18). The molecule has 94 valence electrons. The van der Waals surface area contributed by atoms with Gasteiger partial charge >= 0.3 is 0 Å². The van der Waals surface area contributed by atoms with Gasteiger partial charge in [-0.3, -0.25) is 9.48 Å². The minimum Gasteiger partial charge on any atom is -0.396 e. The van der Waals surface area contributed by atoms with Crippen molar-refractivity contribution in [3.05, 3.63) is 47.2 Å². The van der Waals surface area contributed by atoms with E-state index in [4.69, 9.17) is 17.3 Å². The van der Waals surface area contributed by atoms with Gasteiger partial charge in [0.1, 0.15) is 0 Å². The number of benzene rings is 1. The summed E-state index contributed by atoms with van der Waals surface area (Å²) in [6.45, 7) is 1.07. The lowest BCUT2D eigenvalue weighted by Crippen LogP contribution is -2.27. The van der Waals surface area contributed by atoms with E-state index >= 15 is 0 Å². The highest BCUT2D eigenvalue weighted by Gasteiger charge is 2.04. The molecule has 0 bridgehead atoms. The Bertz CT molecular complexity index is 535. The van der Waals surface area contributed by atoms with Crippen molar-refractivity contribution in [3.63, 3.8) is 0 Å². The van der Waals surface area contributed by atoms with E-state index in [0.29, 0.717) is 29.4 Å². The maximum Gasteiger partial charge on any atom is 0.251 e. The number of carbonyl (C=O) groups is 1. The second-order valence-electron chi connectivity index (χ2n) is 3.80. The lowest BCUT2D eigenvalue weighted by molar-refractivity contribution is 0.0952. The number of rotatable bonds is 4. The zero-order valence-electron chi connectivity index (χ0n) is 9.64. The molecule has 5 nitrogen and oxygen atoms in total. The van der Waals surface area contributed by atoms with Crippen LogP contribution in [0.5, 0.6) is 0 Å². The van der Waals surface area contributed by atoms with Crippen molar-refractivity contribution in [1.82, 2.24) is 15.1 Å². The minimum atomic E-state index is -0.133. The summed E-state index contributed by atoms with van der Waals surface area (Å²) >= 11 is 5.75. The molecule has 6 heteroatoms. The Morgan fingerprint density at radius 1 is 1.39 bits per heavy atom. The lowest BCUT2D eigenvalue weighted by atomic mass is 10.2. The Balaban J connectivity index is 1.83. The third-order valence-electron chi connectivity index (χ3n) is 2.39. The summed E-state index contributed by atoms with van der Waals surface area (Å²) in [5.74, 6) is -0.133. The van der Waals surface area contributed by atoms with E-state index in [1.54, 1.807) is 41.3 Å². The first kappa shape index (κ1) is 12.4. The molecule has 18 heavy (non-hydrogen) atoms. The highest BCUT2D eigenvalue weighted by atomic mass is 35.5. The summed E-state index contributed by atoms with van der Waals surface area (Å²) in [6, 6.07) is 6.74. The quantitative estimate of drug-likeness (QED) is 0.880. The van der Waals surface area contributed by atoms with Gasteiger partial charge in [0.05, 0.1) is 18.4 Å². The maximum atomic E-state index is 11.7. The summed E-state index contributed by atoms with van der Waals surface area (Å²) in [6.07, 6.45) is 3.29. The SMILES string of the molecule is Nc1cnn(CCNC(=O)c2ccc(Cl)cc2)c1. The van der Waals surface area contributed by atoms with Crippen LogP contribution in [0.1, 0.15) is 10.4 Å². The zero-order chi connectivity index (χ0) is 13.0. The fourth-order valence-corrected chi connectivity index (χ4v) is 1.62. The molecule has 2 aromatic rings. The van der Waals surface area contributed by atoms with Crippen LogP contribution in [-0.4, -0.2) is 22.2 Å². The summed E-state index contributed by atoms with van der Waals surface area (Å²) in [5.41, 5.74) is 6.73. The second-order valence-corrected chi connectivity index (χ2v) is 4.24. The van der Waals surface area contributed by atoms with Gasteiger partial charge in [0, 0.05) is 23.3 Å². The van der Waals surface area contributed by atoms with E-state index in [9.17, 15) is 4.79 Å². The number of carbonyl (C=O) groups excluding carboxylic acids is 1. The topological polar surface area (TPSA) is 72.9 Å². The van der Waals surface area contributed by atoms with Crippen LogP contribution >= 0.6 is 11.6 Å². The number of nitrogens with one attached hydrogen (secondary N) is 1. The predicted molar refractivity (Wildman–Crippen MR) is 70.4 cm³/mol. The minimum absolute atomic E-state index is 0.133. The highest BCUT2D eigenvalue weighted by molar-refractivity contribution is 6.30. The Hall–Kier alpha value is -2.01. The molecule has 1 aromatic carbocycles. The molecular formula is C12H13ClN4O. The number of hydrogen-bond acceptors (Lipinski definition) is 3. The first-order chi connectivity index (χ1) is 8.65. The molecule has 0 aliphatic rings. The number of nitrogens with zero attached hydrogens (tertiary/aromatic N) is 2. The third kappa shape index (κ3) is 3.24. The number of hydrogen-bond donors (Lipinski definition) is 2. The van der Waals surface area contributed by atoms with Gasteiger partial charge in [-0.1, -0.05) is 11.6 Å². The van der Waals surface area contributed by atoms with Crippen LogP contribution in [0.15, 0.2) is 36.7 Å². The van der Waals surface area contributed by atoms with E-state index in [-0.39, 0.29) is 5.91 Å². The normalized spacial score (nSPS) is 10.3. The fourth-order valence-electron chi connectivity index (χ4n) is 1.49. The summed E-state index contributed by atoms with van der Waals surface area (Å²) in [7, 11) is 0. The van der Waals surface area contributed by atoms with E-state index < -0.39 is 0 Å². The van der Waals surface area contributed by atoms with Gasteiger partial charge in [-0.15, -0.1) is 0 Å². The molecular weight excluding hydrogens is 252 g/mol. The van der Waals surface area contributed by atoms with Crippen molar-refractivity contribution in [2.24, 2.45) is 0 Å². The number of halogens is 1. The number of anilines is 1. The fraction of sp³-hybridized carbons (Fsp3) is 0.167. The Morgan fingerprint density at radius 3 is 2.72 bits per heavy atom. The van der Waals surface area contributed by atoms with Crippen LogP contribution in [-0.2, 0) is 6.54 Å². The van der Waals surface area contributed by atoms with Gasteiger partial charge in [-0.2, -0.15) is 5.10 Å². The molecule has 0 saturated carbocycles. The molecule has 1 amide bonds. The zero-order valence-corrected chi connectivity index (χ0v) is 10.4. The van der Waals surface area contributed by atoms with Crippen LogP contribution in [0.3, 0.4) is 0 Å². The van der Waals surface area contributed by atoms with Crippen molar-refractivity contribution < 1.29 is 4.79 Å². The Labute approximate surface area is 110 Å². The smallest absolute Gasteiger partial charge is 0.251 e. The van der Waals surface area contributed by atoms with Gasteiger partial charge in [0.25, 0.3) is 5.91 Å². The van der Waals surface area contributed by atoms with Crippen molar-refractivity contribution in [1.29, 1.82) is 0 Å². The lowest BCUT2D eigenvalue weighted by Gasteiger charge is -2.05. The number of nitrogens with two attached hydrogens (primary N) is 1. The largest absolute Gasteiger partial charge is 0.396 e. The van der Waals surface area contributed by atoms with E-state index in [1.807, 2.05) is 0 Å². The average molecular weight is 265 g/mol. The molecule has 0 atom stereocenters. The van der Waals surface area contributed by atoms with Crippen LogP contribution in [0, 0.1) is 0 Å². The second kappa shape index (κ2) is 5.55. The van der Waals surface area contributed by atoms with Gasteiger partial charge in [-0.05, 0) is 24.3 Å². The van der Waals surface area contributed by atoms with Crippen molar-refractivity contribution >= 4 is 23.2 Å². The van der Waals surface area contributed by atoms with Gasteiger partial charge in [0.2, 0.25) is 0 Å². The molecule has 0 aliphatic carbocycles. The molecule has 0 fully saturated rings. The predicted octanol–water partition coefficient (Wildman–Crippen LogP) is 1.55. The van der Waals surface area contributed by atoms with Crippen molar-refractivity contribution in [2.75, 3.05) is 12.3 Å². The van der Waals surface area contributed by atoms with E-state index in [0.717, 1.165) is 0 Å². The first-order valence-corrected chi connectivity index (χ1v) is 5.84. The summed E-state index contributed by atoms with van der Waals surface area (Å²) in [4.78, 5) is 11.7. The van der Waals surface area contributed by atoms with Crippen LogP contribution in [0.2, 0.25) is 5.02 Å². The molecule has 0 unspecified atom stereocenters. The monoisotopic (exact) mass is 264 g/mol. The number of nitrogen functional groups attached to an aromatic ring is 1. The first-order valence-electron chi connectivity index (χ1n) is 5.47. The Morgan fingerprint density at radius 2 is 2.11 bits per heavy atom. The molecule has 1 heterocycles. The average Bonchev–Trinajstić information content (AvgIpc) is 2.76. The number of aromatic nitrogens is 2. The molecule has 1 aromatic heterocycles. The molecule has 0 radical (unpaired) electrons. The van der Waals surface area contributed by atoms with Crippen LogP contribution in [0.25, 0.3) is 0 Å². The van der Waals surface area contributed by atoms with Crippen LogP contribution in [0.4, 0.5) is 5.69 Å². The van der Waals surface area contributed by atoms with E-state index in [2.05, 4.69) is 10.4 Å². The third-order valence-corrected chi connectivity index (χ3v) is 2.64. The molecule has 2 rings (SSSR count). The molecule has 0 aliphatic heterocycles. The molecule has 0 saturated heterocycles. The summed E-state index contributed by atoms with van der Waals surface area (Å²) < 4.78 is 1.68. The van der Waals surface area contributed by atoms with Gasteiger partial charge in [0.15, 0.2) is 0 Å². The maximum absolute atomic E-state index is 11.7. The van der Waals surface area contributed by atoms with Crippen LogP contribution < -0.4 is 11.1 Å². The molecule has 3 N–H and O–H groups in total.